The number of carbonyl (C=O) groups excluding carboxylic acids is 1. The van der Waals surface area contributed by atoms with E-state index in [2.05, 4.69) is 10.3 Å². The largest absolute Gasteiger partial charge is 0.465 e. The highest BCUT2D eigenvalue weighted by Crippen LogP contribution is 2.20. The highest BCUT2D eigenvalue weighted by molar-refractivity contribution is 6.24. The third kappa shape index (κ3) is 3.94. The fraction of sp³-hybridized carbons (Fsp3) is 0.0435. The Kier molecular flexibility index (Phi) is 5.15. The third-order valence-corrected chi connectivity index (χ3v) is 4.37. The molecule has 2 aromatic carbocycles. The lowest BCUT2D eigenvalue weighted by Crippen LogP contribution is -2.24. The molecule has 0 atom stereocenters. The smallest absolute Gasteiger partial charge is 0.252 e. The lowest BCUT2D eigenvalue weighted by molar-refractivity contribution is -0.115. The second-order valence-electron chi connectivity index (χ2n) is 6.22. The number of aromatic nitrogens is 2. The Morgan fingerprint density at radius 2 is 1.86 bits per heavy atom. The van der Waals surface area contributed by atoms with Crippen molar-refractivity contribution in [3.63, 3.8) is 0 Å². The number of imidazole rings is 1. The number of carbonyl (C=O) groups is 1. The van der Waals surface area contributed by atoms with Crippen molar-refractivity contribution < 1.29 is 9.21 Å². The van der Waals surface area contributed by atoms with Crippen LogP contribution in [0.15, 0.2) is 96.1 Å². The van der Waals surface area contributed by atoms with E-state index in [1.54, 1.807) is 30.9 Å². The molecule has 1 amide bonds. The Morgan fingerprint density at radius 1 is 1.04 bits per heavy atom. The van der Waals surface area contributed by atoms with Crippen LogP contribution in [0.1, 0.15) is 16.9 Å². The molecular weight excluding hydrogens is 350 g/mol. The summed E-state index contributed by atoms with van der Waals surface area (Å²) in [7, 11) is 0. The van der Waals surface area contributed by atoms with Gasteiger partial charge in [-0.05, 0) is 35.4 Å². The maximum Gasteiger partial charge on any atom is 0.252 e. The second-order valence-corrected chi connectivity index (χ2v) is 6.22. The number of para-hydroxylation sites is 1. The molecule has 0 aliphatic heterocycles. The van der Waals surface area contributed by atoms with Gasteiger partial charge in [-0.25, -0.2) is 4.98 Å². The highest BCUT2D eigenvalue weighted by Gasteiger charge is 2.13. The van der Waals surface area contributed by atoms with E-state index in [0.717, 1.165) is 16.8 Å². The van der Waals surface area contributed by atoms with E-state index in [4.69, 9.17) is 4.42 Å². The molecular formula is C23H19N3O2. The maximum absolute atomic E-state index is 13.0. The van der Waals surface area contributed by atoms with Crippen molar-refractivity contribution in [2.75, 3.05) is 0 Å². The summed E-state index contributed by atoms with van der Waals surface area (Å²) in [5, 5.41) is 3.03. The molecule has 0 aliphatic rings. The summed E-state index contributed by atoms with van der Waals surface area (Å²) in [6.07, 6.45) is 8.70. The van der Waals surface area contributed by atoms with E-state index in [1.807, 2.05) is 71.4 Å². The standard InChI is InChI=1S/C23H19N3O2/c27-23(21(15-20-10-6-14-28-20)18-7-2-1-3-8-18)25-16-19-9-4-5-11-22(19)26-13-12-24-17-26/h1-15,17H,16H2,(H,25,27)/b21-15+. The zero-order valence-corrected chi connectivity index (χ0v) is 15.2. The van der Waals surface area contributed by atoms with E-state index in [0.29, 0.717) is 17.9 Å². The summed E-state index contributed by atoms with van der Waals surface area (Å²) < 4.78 is 7.33. The van der Waals surface area contributed by atoms with Crippen LogP contribution in [0.5, 0.6) is 0 Å². The van der Waals surface area contributed by atoms with Gasteiger partial charge in [0.15, 0.2) is 0 Å². The fourth-order valence-electron chi connectivity index (χ4n) is 3.00. The van der Waals surface area contributed by atoms with E-state index in [9.17, 15) is 4.79 Å². The molecule has 0 saturated heterocycles. The van der Waals surface area contributed by atoms with Crippen LogP contribution >= 0.6 is 0 Å². The Labute approximate surface area is 163 Å². The van der Waals surface area contributed by atoms with Gasteiger partial charge >= 0.3 is 0 Å². The van der Waals surface area contributed by atoms with Crippen molar-refractivity contribution in [2.45, 2.75) is 6.54 Å². The normalized spacial score (nSPS) is 11.4. The van der Waals surface area contributed by atoms with Crippen molar-refractivity contribution in [3.8, 4) is 5.69 Å². The first-order valence-electron chi connectivity index (χ1n) is 8.96. The minimum atomic E-state index is -0.164. The molecule has 4 rings (SSSR count). The van der Waals surface area contributed by atoms with Gasteiger partial charge in [-0.1, -0.05) is 48.5 Å². The average Bonchev–Trinajstić information content (AvgIpc) is 3.45. The summed E-state index contributed by atoms with van der Waals surface area (Å²) >= 11 is 0. The number of rotatable bonds is 6. The number of benzene rings is 2. The molecule has 4 aromatic rings. The van der Waals surface area contributed by atoms with Crippen LogP contribution in [-0.2, 0) is 11.3 Å². The lowest BCUT2D eigenvalue weighted by Gasteiger charge is -2.13. The predicted molar refractivity (Wildman–Crippen MR) is 108 cm³/mol. The molecule has 0 bridgehead atoms. The van der Waals surface area contributed by atoms with Crippen LogP contribution in [0.2, 0.25) is 0 Å². The summed E-state index contributed by atoms with van der Waals surface area (Å²) in [5.41, 5.74) is 3.37. The van der Waals surface area contributed by atoms with Crippen LogP contribution in [-0.4, -0.2) is 15.5 Å². The van der Waals surface area contributed by atoms with Gasteiger partial charge in [0, 0.05) is 18.9 Å². The van der Waals surface area contributed by atoms with E-state index >= 15 is 0 Å². The first kappa shape index (κ1) is 17.5. The molecule has 0 unspecified atom stereocenters. The summed E-state index contributed by atoms with van der Waals surface area (Å²) in [6, 6.07) is 21.1. The van der Waals surface area contributed by atoms with E-state index < -0.39 is 0 Å². The Morgan fingerprint density at radius 3 is 2.61 bits per heavy atom. The van der Waals surface area contributed by atoms with Gasteiger partial charge in [0.25, 0.3) is 5.91 Å². The van der Waals surface area contributed by atoms with Crippen LogP contribution in [0, 0.1) is 0 Å². The molecule has 0 fully saturated rings. The van der Waals surface area contributed by atoms with E-state index in [1.165, 1.54) is 0 Å². The number of hydrogen-bond donors (Lipinski definition) is 1. The number of amides is 1. The van der Waals surface area contributed by atoms with Crippen molar-refractivity contribution in [3.05, 3.63) is 109 Å². The monoisotopic (exact) mass is 369 g/mol. The first-order chi connectivity index (χ1) is 13.8. The zero-order valence-electron chi connectivity index (χ0n) is 15.2. The van der Waals surface area contributed by atoms with Crippen molar-refractivity contribution in [1.82, 2.24) is 14.9 Å². The molecule has 5 heteroatoms. The molecule has 5 nitrogen and oxygen atoms in total. The van der Waals surface area contributed by atoms with Crippen LogP contribution in [0.4, 0.5) is 0 Å². The third-order valence-electron chi connectivity index (χ3n) is 4.37. The molecule has 1 N–H and O–H groups in total. The highest BCUT2D eigenvalue weighted by atomic mass is 16.3. The van der Waals surface area contributed by atoms with Gasteiger partial charge in [-0.2, -0.15) is 0 Å². The van der Waals surface area contributed by atoms with Gasteiger partial charge in [-0.3, -0.25) is 4.79 Å². The van der Waals surface area contributed by atoms with Crippen LogP contribution in [0.3, 0.4) is 0 Å². The molecule has 28 heavy (non-hydrogen) atoms. The zero-order chi connectivity index (χ0) is 19.2. The van der Waals surface area contributed by atoms with Gasteiger partial charge in [-0.15, -0.1) is 0 Å². The minimum Gasteiger partial charge on any atom is -0.465 e. The molecule has 0 aliphatic carbocycles. The van der Waals surface area contributed by atoms with Crippen LogP contribution < -0.4 is 5.32 Å². The fourth-order valence-corrected chi connectivity index (χ4v) is 3.00. The SMILES string of the molecule is O=C(NCc1ccccc1-n1ccnc1)/C(=C/c1ccco1)c1ccccc1. The van der Waals surface area contributed by atoms with Gasteiger partial charge in [0.2, 0.25) is 0 Å². The molecule has 0 saturated carbocycles. The Balaban J connectivity index is 1.58. The summed E-state index contributed by atoms with van der Waals surface area (Å²) in [6.45, 7) is 0.398. The first-order valence-corrected chi connectivity index (χ1v) is 8.96. The molecule has 2 aromatic heterocycles. The van der Waals surface area contributed by atoms with Gasteiger partial charge in [0.1, 0.15) is 5.76 Å². The Bertz CT molecular complexity index is 1070. The molecule has 2 heterocycles. The number of nitrogens with one attached hydrogen (secondary N) is 1. The van der Waals surface area contributed by atoms with Crippen molar-refractivity contribution in [2.24, 2.45) is 0 Å². The number of hydrogen-bond acceptors (Lipinski definition) is 3. The summed E-state index contributed by atoms with van der Waals surface area (Å²) in [5.74, 6) is 0.468. The molecule has 0 radical (unpaired) electrons. The average molecular weight is 369 g/mol. The van der Waals surface area contributed by atoms with Crippen molar-refractivity contribution >= 4 is 17.6 Å². The van der Waals surface area contributed by atoms with Gasteiger partial charge in [0.05, 0.1) is 23.9 Å². The molecule has 138 valence electrons. The number of nitrogens with zero attached hydrogens (tertiary/aromatic N) is 2. The quantitative estimate of drug-likeness (QED) is 0.515. The maximum atomic E-state index is 13.0. The predicted octanol–water partition coefficient (Wildman–Crippen LogP) is 4.32. The van der Waals surface area contributed by atoms with Crippen LogP contribution in [0.25, 0.3) is 17.3 Å². The second kappa shape index (κ2) is 8.22. The van der Waals surface area contributed by atoms with Crippen molar-refractivity contribution in [1.29, 1.82) is 0 Å². The molecule has 0 spiro atoms. The minimum absolute atomic E-state index is 0.164. The Hall–Kier alpha value is -3.86. The lowest BCUT2D eigenvalue weighted by atomic mass is 10.0. The van der Waals surface area contributed by atoms with Gasteiger partial charge < -0.3 is 14.3 Å². The number of furan rings is 1. The summed E-state index contributed by atoms with van der Waals surface area (Å²) in [4.78, 5) is 17.1. The topological polar surface area (TPSA) is 60.1 Å². The van der Waals surface area contributed by atoms with E-state index in [-0.39, 0.29) is 5.91 Å².